The topological polar surface area (TPSA) is 70.2 Å². The molecule has 0 atom stereocenters. The number of carbonyl (C=O) groups excluding carboxylic acids is 1. The van der Waals surface area contributed by atoms with Crippen LogP contribution < -0.4 is 10.2 Å². The molecule has 0 spiro atoms. The maximum Gasteiger partial charge on any atom is 0.270 e. The summed E-state index contributed by atoms with van der Waals surface area (Å²) in [7, 11) is 0. The smallest absolute Gasteiger partial charge is 0.270 e. The van der Waals surface area contributed by atoms with Gasteiger partial charge < -0.3 is 19.7 Å². The fourth-order valence-electron chi connectivity index (χ4n) is 4.37. The highest BCUT2D eigenvalue weighted by atomic mass is 16.5. The number of hydrogen-bond acceptors (Lipinski definition) is 7. The number of hydrogen-bond donors (Lipinski definition) is 1. The van der Waals surface area contributed by atoms with Crippen LogP contribution in [0.1, 0.15) is 23.3 Å². The number of ether oxygens (including phenoxy) is 2. The van der Waals surface area contributed by atoms with Gasteiger partial charge in [-0.1, -0.05) is 6.07 Å². The Morgan fingerprint density at radius 3 is 2.41 bits per heavy atom. The van der Waals surface area contributed by atoms with Gasteiger partial charge in [0.1, 0.15) is 11.5 Å². The van der Waals surface area contributed by atoms with Crippen molar-refractivity contribution >= 4 is 11.7 Å². The first-order valence-electron chi connectivity index (χ1n) is 10.9. The normalized spacial score (nSPS) is 22.6. The van der Waals surface area contributed by atoms with Crippen LogP contribution in [-0.2, 0) is 9.47 Å². The number of amides is 1. The fraction of sp³-hybridized carbons (Fsp3) is 0.714. The average Bonchev–Trinajstić information content (AvgIpc) is 2.80. The first kappa shape index (κ1) is 20.5. The van der Waals surface area contributed by atoms with Crippen LogP contribution in [0.2, 0.25) is 0 Å². The molecule has 0 radical (unpaired) electrons. The second-order valence-corrected chi connectivity index (χ2v) is 7.96. The van der Waals surface area contributed by atoms with Crippen molar-refractivity contribution in [1.29, 1.82) is 0 Å². The van der Waals surface area contributed by atoms with Gasteiger partial charge in [-0.15, -0.1) is 0 Å². The number of piperidine rings is 1. The van der Waals surface area contributed by atoms with Crippen LogP contribution in [0.15, 0.2) is 18.2 Å². The van der Waals surface area contributed by atoms with Gasteiger partial charge in [0.05, 0.1) is 26.4 Å². The second-order valence-electron chi connectivity index (χ2n) is 7.96. The maximum atomic E-state index is 12.5. The van der Waals surface area contributed by atoms with E-state index in [1.807, 2.05) is 12.1 Å². The summed E-state index contributed by atoms with van der Waals surface area (Å²) < 4.78 is 10.8. The first-order valence-corrected chi connectivity index (χ1v) is 10.9. The predicted octanol–water partition coefficient (Wildman–Crippen LogP) is 0.445. The van der Waals surface area contributed by atoms with Crippen molar-refractivity contribution in [3.05, 3.63) is 23.9 Å². The van der Waals surface area contributed by atoms with Crippen LogP contribution in [0.25, 0.3) is 0 Å². The summed E-state index contributed by atoms with van der Waals surface area (Å²) in [6, 6.07) is 6.39. The molecule has 8 nitrogen and oxygen atoms in total. The third-order valence-corrected chi connectivity index (χ3v) is 6.13. The molecule has 3 saturated heterocycles. The summed E-state index contributed by atoms with van der Waals surface area (Å²) in [5.74, 6) is 0.814. The molecule has 4 rings (SSSR count). The molecular weight excluding hydrogens is 370 g/mol. The lowest BCUT2D eigenvalue weighted by Gasteiger charge is -2.40. The molecule has 8 heteroatoms. The van der Waals surface area contributed by atoms with Crippen molar-refractivity contribution in [3.63, 3.8) is 0 Å². The second kappa shape index (κ2) is 10.3. The van der Waals surface area contributed by atoms with Gasteiger partial charge in [0.2, 0.25) is 0 Å². The van der Waals surface area contributed by atoms with Crippen molar-refractivity contribution in [2.24, 2.45) is 0 Å². The Balaban J connectivity index is 1.25. The Morgan fingerprint density at radius 1 is 1.00 bits per heavy atom. The number of pyridine rings is 1. The van der Waals surface area contributed by atoms with Crippen molar-refractivity contribution < 1.29 is 14.3 Å². The molecule has 0 aromatic carbocycles. The van der Waals surface area contributed by atoms with Crippen molar-refractivity contribution in [2.45, 2.75) is 18.9 Å². The Kier molecular flexibility index (Phi) is 7.32. The largest absolute Gasteiger partial charge is 0.379 e. The molecular formula is C21H33N5O3. The number of nitrogens with one attached hydrogen (secondary N) is 1. The van der Waals surface area contributed by atoms with Gasteiger partial charge in [0.15, 0.2) is 0 Å². The number of nitrogens with zero attached hydrogens (tertiary/aromatic N) is 4. The van der Waals surface area contributed by atoms with Crippen LogP contribution in [-0.4, -0.2) is 106 Å². The summed E-state index contributed by atoms with van der Waals surface area (Å²) in [4.78, 5) is 24.4. The SMILES string of the molecule is O=C(NCCN1CCOCC1)c1cccc(N2CCC(N3CCOCC3)CC2)n1. The van der Waals surface area contributed by atoms with E-state index in [-0.39, 0.29) is 5.91 Å². The molecule has 3 aliphatic heterocycles. The van der Waals surface area contributed by atoms with E-state index in [0.29, 0.717) is 18.3 Å². The van der Waals surface area contributed by atoms with E-state index in [1.54, 1.807) is 6.07 Å². The van der Waals surface area contributed by atoms with Crippen molar-refractivity contribution in [2.75, 3.05) is 83.7 Å². The molecule has 1 N–H and O–H groups in total. The van der Waals surface area contributed by atoms with E-state index in [9.17, 15) is 4.79 Å². The summed E-state index contributed by atoms with van der Waals surface area (Å²) in [5.41, 5.74) is 0.500. The highest BCUT2D eigenvalue weighted by Gasteiger charge is 2.26. The highest BCUT2D eigenvalue weighted by Crippen LogP contribution is 2.22. The van der Waals surface area contributed by atoms with Crippen LogP contribution in [0.5, 0.6) is 0 Å². The minimum absolute atomic E-state index is 0.0942. The first-order chi connectivity index (χ1) is 14.3. The monoisotopic (exact) mass is 403 g/mol. The van der Waals surface area contributed by atoms with E-state index in [2.05, 4.69) is 25.0 Å². The fourth-order valence-corrected chi connectivity index (χ4v) is 4.37. The average molecular weight is 404 g/mol. The summed E-state index contributed by atoms with van der Waals surface area (Å²) in [6.07, 6.45) is 2.27. The standard InChI is InChI=1S/C21H33N5O3/c27-21(22-6-9-24-10-14-28-15-11-24)19-2-1-3-20(23-19)26-7-4-18(5-8-26)25-12-16-29-17-13-25/h1-3,18H,4-17H2,(H,22,27). The van der Waals surface area contributed by atoms with E-state index in [0.717, 1.165) is 90.9 Å². The van der Waals surface area contributed by atoms with E-state index < -0.39 is 0 Å². The zero-order valence-electron chi connectivity index (χ0n) is 17.2. The lowest BCUT2D eigenvalue weighted by Crippen LogP contribution is -2.49. The molecule has 4 heterocycles. The van der Waals surface area contributed by atoms with Crippen LogP contribution in [0.4, 0.5) is 5.82 Å². The number of morpholine rings is 2. The van der Waals surface area contributed by atoms with E-state index >= 15 is 0 Å². The molecule has 1 amide bonds. The third kappa shape index (κ3) is 5.66. The van der Waals surface area contributed by atoms with Crippen LogP contribution in [0, 0.1) is 0 Å². The van der Waals surface area contributed by atoms with Gasteiger partial charge in [-0.2, -0.15) is 0 Å². The number of anilines is 1. The van der Waals surface area contributed by atoms with Gasteiger partial charge >= 0.3 is 0 Å². The Bertz CT molecular complexity index is 653. The van der Waals surface area contributed by atoms with Gasteiger partial charge in [-0.05, 0) is 25.0 Å². The molecule has 1 aromatic rings. The summed E-state index contributed by atoms with van der Waals surface area (Å²) in [6.45, 7) is 10.7. The molecule has 1 aromatic heterocycles. The minimum Gasteiger partial charge on any atom is -0.379 e. The molecule has 3 fully saturated rings. The highest BCUT2D eigenvalue weighted by molar-refractivity contribution is 5.92. The molecule has 0 unspecified atom stereocenters. The number of aromatic nitrogens is 1. The van der Waals surface area contributed by atoms with E-state index in [1.165, 1.54) is 0 Å². The molecule has 0 saturated carbocycles. The van der Waals surface area contributed by atoms with Gasteiger partial charge in [-0.25, -0.2) is 4.98 Å². The van der Waals surface area contributed by atoms with E-state index in [4.69, 9.17) is 9.47 Å². The molecule has 3 aliphatic rings. The van der Waals surface area contributed by atoms with Crippen LogP contribution in [0.3, 0.4) is 0 Å². The Hall–Kier alpha value is -1.74. The zero-order valence-corrected chi connectivity index (χ0v) is 17.2. The molecule has 160 valence electrons. The quantitative estimate of drug-likeness (QED) is 0.739. The maximum absolute atomic E-state index is 12.5. The lowest BCUT2D eigenvalue weighted by atomic mass is 10.0. The predicted molar refractivity (Wildman–Crippen MR) is 111 cm³/mol. The Labute approximate surface area is 173 Å². The minimum atomic E-state index is -0.0942. The van der Waals surface area contributed by atoms with Crippen molar-refractivity contribution in [1.82, 2.24) is 20.1 Å². The number of carbonyl (C=O) groups is 1. The molecule has 0 bridgehead atoms. The number of rotatable bonds is 6. The summed E-state index contributed by atoms with van der Waals surface area (Å²) in [5, 5.41) is 3.01. The third-order valence-electron chi connectivity index (χ3n) is 6.13. The molecule has 0 aliphatic carbocycles. The van der Waals surface area contributed by atoms with Crippen molar-refractivity contribution in [3.8, 4) is 0 Å². The van der Waals surface area contributed by atoms with Gasteiger partial charge in [0, 0.05) is 58.4 Å². The van der Waals surface area contributed by atoms with Crippen LogP contribution >= 0.6 is 0 Å². The lowest BCUT2D eigenvalue weighted by molar-refractivity contribution is 0.0115. The molecule has 29 heavy (non-hydrogen) atoms. The Morgan fingerprint density at radius 2 is 1.69 bits per heavy atom. The zero-order chi connectivity index (χ0) is 19.9. The summed E-state index contributed by atoms with van der Waals surface area (Å²) >= 11 is 0. The van der Waals surface area contributed by atoms with Gasteiger partial charge in [-0.3, -0.25) is 14.6 Å². The van der Waals surface area contributed by atoms with Gasteiger partial charge in [0.25, 0.3) is 5.91 Å².